The summed E-state index contributed by atoms with van der Waals surface area (Å²) in [6.45, 7) is 0.317. The average Bonchev–Trinajstić information content (AvgIpc) is 2.65. The molecule has 0 saturated carbocycles. The predicted octanol–water partition coefficient (Wildman–Crippen LogP) is 2.32. The quantitative estimate of drug-likeness (QED) is 0.734. The van der Waals surface area contributed by atoms with Crippen molar-refractivity contribution in [2.45, 2.75) is 19.0 Å². The molecule has 1 amide bonds. The van der Waals surface area contributed by atoms with E-state index in [1.807, 2.05) is 30.3 Å². The Hall–Kier alpha value is -2.44. The topological polar surface area (TPSA) is 82.8 Å². The lowest BCUT2D eigenvalue weighted by molar-refractivity contribution is -0.122. The predicted molar refractivity (Wildman–Crippen MR) is 103 cm³/mol. The summed E-state index contributed by atoms with van der Waals surface area (Å²) >= 11 is 0. The van der Waals surface area contributed by atoms with Crippen molar-refractivity contribution in [2.75, 3.05) is 21.3 Å². The zero-order chi connectivity index (χ0) is 18.2. The summed E-state index contributed by atoms with van der Waals surface area (Å²) in [5.41, 5.74) is 7.84. The summed E-state index contributed by atoms with van der Waals surface area (Å²) in [5.74, 6) is 1.39. The summed E-state index contributed by atoms with van der Waals surface area (Å²) in [7, 11) is 4.65. The molecule has 1 unspecified atom stereocenters. The van der Waals surface area contributed by atoms with Crippen molar-refractivity contribution in [1.82, 2.24) is 5.32 Å². The van der Waals surface area contributed by atoms with Gasteiger partial charge >= 0.3 is 0 Å². The van der Waals surface area contributed by atoms with Gasteiger partial charge in [0.1, 0.15) is 0 Å². The molecular weight excluding hydrogens is 356 g/mol. The van der Waals surface area contributed by atoms with Gasteiger partial charge in [0.25, 0.3) is 0 Å². The lowest BCUT2D eigenvalue weighted by atomic mass is 10.1. The molecule has 6 nitrogen and oxygen atoms in total. The van der Waals surface area contributed by atoms with Crippen LogP contribution in [-0.4, -0.2) is 33.3 Å². The number of amides is 1. The van der Waals surface area contributed by atoms with Gasteiger partial charge in [-0.05, 0) is 29.7 Å². The molecule has 0 spiro atoms. The van der Waals surface area contributed by atoms with Crippen LogP contribution >= 0.6 is 12.4 Å². The van der Waals surface area contributed by atoms with Crippen LogP contribution in [-0.2, 0) is 17.8 Å². The highest BCUT2D eigenvalue weighted by Gasteiger charge is 2.16. The Bertz CT molecular complexity index is 685. The molecule has 0 fully saturated rings. The molecule has 0 bridgehead atoms. The number of hydrogen-bond donors (Lipinski definition) is 2. The summed E-state index contributed by atoms with van der Waals surface area (Å²) in [4.78, 5) is 12.2. The van der Waals surface area contributed by atoms with E-state index in [0.29, 0.717) is 30.2 Å². The molecule has 0 aliphatic heterocycles. The number of halogens is 1. The third-order valence-corrected chi connectivity index (χ3v) is 3.83. The normalized spacial score (nSPS) is 11.1. The van der Waals surface area contributed by atoms with E-state index in [2.05, 4.69) is 5.32 Å². The molecule has 142 valence electrons. The van der Waals surface area contributed by atoms with Crippen LogP contribution in [0.4, 0.5) is 0 Å². The molecule has 0 aliphatic carbocycles. The first kappa shape index (κ1) is 21.6. The zero-order valence-corrected chi connectivity index (χ0v) is 16.0. The van der Waals surface area contributed by atoms with E-state index in [1.165, 1.54) is 0 Å². The van der Waals surface area contributed by atoms with Gasteiger partial charge in [-0.25, -0.2) is 0 Å². The van der Waals surface area contributed by atoms with Crippen LogP contribution in [0.5, 0.6) is 17.2 Å². The second-order valence-corrected chi connectivity index (χ2v) is 5.55. The largest absolute Gasteiger partial charge is 0.493 e. The average molecular weight is 381 g/mol. The summed E-state index contributed by atoms with van der Waals surface area (Å²) < 4.78 is 15.9. The third-order valence-electron chi connectivity index (χ3n) is 3.83. The van der Waals surface area contributed by atoms with Crippen molar-refractivity contribution >= 4 is 18.3 Å². The maximum absolute atomic E-state index is 12.2. The van der Waals surface area contributed by atoms with Crippen molar-refractivity contribution in [2.24, 2.45) is 5.73 Å². The number of methoxy groups -OCH3 is 3. The molecule has 0 radical (unpaired) electrons. The molecule has 26 heavy (non-hydrogen) atoms. The highest BCUT2D eigenvalue weighted by atomic mass is 35.5. The van der Waals surface area contributed by atoms with E-state index in [1.54, 1.807) is 33.5 Å². The number of nitrogens with two attached hydrogens (primary N) is 1. The summed E-state index contributed by atoms with van der Waals surface area (Å²) in [6.07, 6.45) is 0.488. The van der Waals surface area contributed by atoms with Gasteiger partial charge in [0, 0.05) is 6.54 Å². The molecule has 1 atom stereocenters. The number of carbonyl (C=O) groups is 1. The molecule has 0 aliphatic rings. The standard InChI is InChI=1S/C19H24N2O4.ClH/c1-23-16-10-14(11-17(24-2)18(16)25-3)12-21-19(22)15(20)9-13-7-5-4-6-8-13;/h4-8,10-11,15H,9,12,20H2,1-3H3,(H,21,22);1H. The number of nitrogens with one attached hydrogen (secondary N) is 1. The van der Waals surface area contributed by atoms with Crippen LogP contribution in [0, 0.1) is 0 Å². The van der Waals surface area contributed by atoms with E-state index < -0.39 is 6.04 Å². The van der Waals surface area contributed by atoms with Crippen LogP contribution in [0.25, 0.3) is 0 Å². The van der Waals surface area contributed by atoms with Gasteiger partial charge < -0.3 is 25.3 Å². The minimum atomic E-state index is -0.607. The first-order chi connectivity index (χ1) is 12.1. The van der Waals surface area contributed by atoms with Crippen LogP contribution in [0.3, 0.4) is 0 Å². The lowest BCUT2D eigenvalue weighted by Gasteiger charge is -2.16. The van der Waals surface area contributed by atoms with E-state index in [-0.39, 0.29) is 18.3 Å². The Balaban J connectivity index is 0.00000338. The number of carbonyl (C=O) groups excluding carboxylic acids is 1. The van der Waals surface area contributed by atoms with Gasteiger partial charge in [0.05, 0.1) is 27.4 Å². The number of ether oxygens (including phenoxy) is 3. The fourth-order valence-corrected chi connectivity index (χ4v) is 2.52. The second-order valence-electron chi connectivity index (χ2n) is 5.55. The van der Waals surface area contributed by atoms with Gasteiger partial charge in [-0.2, -0.15) is 0 Å². The molecule has 3 N–H and O–H groups in total. The summed E-state index contributed by atoms with van der Waals surface area (Å²) in [6, 6.07) is 12.7. The first-order valence-corrected chi connectivity index (χ1v) is 7.95. The van der Waals surface area contributed by atoms with E-state index in [0.717, 1.165) is 11.1 Å². The molecule has 0 heterocycles. The Morgan fingerprint density at radius 2 is 1.58 bits per heavy atom. The van der Waals surface area contributed by atoms with Gasteiger partial charge in [-0.3, -0.25) is 4.79 Å². The molecule has 2 aromatic carbocycles. The van der Waals surface area contributed by atoms with Crippen molar-refractivity contribution < 1.29 is 19.0 Å². The SMILES string of the molecule is COc1cc(CNC(=O)C(N)Cc2ccccc2)cc(OC)c1OC.Cl. The number of hydrogen-bond acceptors (Lipinski definition) is 5. The van der Waals surface area contributed by atoms with Gasteiger partial charge in [0.15, 0.2) is 11.5 Å². The minimum absolute atomic E-state index is 0. The number of benzene rings is 2. The Morgan fingerprint density at radius 3 is 2.08 bits per heavy atom. The lowest BCUT2D eigenvalue weighted by Crippen LogP contribution is -2.41. The third kappa shape index (κ3) is 5.54. The van der Waals surface area contributed by atoms with Gasteiger partial charge in [0.2, 0.25) is 11.7 Å². The summed E-state index contributed by atoms with van der Waals surface area (Å²) in [5, 5.41) is 2.84. The Morgan fingerprint density at radius 1 is 1.00 bits per heavy atom. The molecule has 0 saturated heterocycles. The molecular formula is C19H25ClN2O4. The molecule has 0 aromatic heterocycles. The van der Waals surface area contributed by atoms with E-state index in [9.17, 15) is 4.79 Å². The molecule has 2 rings (SSSR count). The monoisotopic (exact) mass is 380 g/mol. The molecule has 2 aromatic rings. The minimum Gasteiger partial charge on any atom is -0.493 e. The van der Waals surface area contributed by atoms with Crippen LogP contribution < -0.4 is 25.3 Å². The van der Waals surface area contributed by atoms with Crippen molar-refractivity contribution in [3.05, 3.63) is 53.6 Å². The zero-order valence-electron chi connectivity index (χ0n) is 15.2. The van der Waals surface area contributed by atoms with E-state index in [4.69, 9.17) is 19.9 Å². The highest BCUT2D eigenvalue weighted by Crippen LogP contribution is 2.38. The van der Waals surface area contributed by atoms with Crippen LogP contribution in [0.2, 0.25) is 0 Å². The highest BCUT2D eigenvalue weighted by molar-refractivity contribution is 5.85. The van der Waals surface area contributed by atoms with Gasteiger partial charge in [-0.15, -0.1) is 12.4 Å². The maximum Gasteiger partial charge on any atom is 0.237 e. The molecule has 7 heteroatoms. The fraction of sp³-hybridized carbons (Fsp3) is 0.316. The smallest absolute Gasteiger partial charge is 0.237 e. The number of rotatable bonds is 8. The van der Waals surface area contributed by atoms with Crippen molar-refractivity contribution in [1.29, 1.82) is 0 Å². The van der Waals surface area contributed by atoms with Crippen molar-refractivity contribution in [3.63, 3.8) is 0 Å². The van der Waals surface area contributed by atoms with E-state index >= 15 is 0 Å². The second kappa shape index (κ2) is 10.5. The Labute approximate surface area is 160 Å². The van der Waals surface area contributed by atoms with Crippen LogP contribution in [0.1, 0.15) is 11.1 Å². The first-order valence-electron chi connectivity index (χ1n) is 7.95. The van der Waals surface area contributed by atoms with Crippen LogP contribution in [0.15, 0.2) is 42.5 Å². The van der Waals surface area contributed by atoms with Crippen molar-refractivity contribution in [3.8, 4) is 17.2 Å². The van der Waals surface area contributed by atoms with Gasteiger partial charge in [-0.1, -0.05) is 30.3 Å². The fourth-order valence-electron chi connectivity index (χ4n) is 2.52. The maximum atomic E-state index is 12.2. The Kier molecular flexibility index (Phi) is 8.75.